The minimum Gasteiger partial charge on any atom is -0.358 e. The molecule has 0 amide bonds. The number of halogens is 2. The number of thiocarbonyl (C=S) groups is 1. The van der Waals surface area contributed by atoms with Crippen LogP contribution in [0.4, 0.5) is 5.69 Å². The number of rotatable bonds is 5. The maximum atomic E-state index is 10.8. The number of nitrogens with zero attached hydrogens (tertiary/aromatic N) is 2. The standard InChI is InChI=1S/C11H10Cl2N4O2S/c1-2-3-14-11(20)16-15-6-7-4-10(17(18)19)9(13)5-8(7)12/h2,4-6H,1,3H2,(H2,14,16,20)/b15-6-. The van der Waals surface area contributed by atoms with Crippen LogP contribution in [0.3, 0.4) is 0 Å². The van der Waals surface area contributed by atoms with E-state index >= 15 is 0 Å². The smallest absolute Gasteiger partial charge is 0.288 e. The lowest BCUT2D eigenvalue weighted by atomic mass is 10.2. The molecule has 20 heavy (non-hydrogen) atoms. The third kappa shape index (κ3) is 4.76. The monoisotopic (exact) mass is 332 g/mol. The van der Waals surface area contributed by atoms with E-state index in [1.165, 1.54) is 18.3 Å². The summed E-state index contributed by atoms with van der Waals surface area (Å²) in [5.41, 5.74) is 2.64. The van der Waals surface area contributed by atoms with Crippen molar-refractivity contribution in [3.63, 3.8) is 0 Å². The fourth-order valence-electron chi connectivity index (χ4n) is 1.16. The van der Waals surface area contributed by atoms with Crippen molar-refractivity contribution in [2.45, 2.75) is 0 Å². The van der Waals surface area contributed by atoms with Crippen molar-refractivity contribution in [3.8, 4) is 0 Å². The molecule has 0 aliphatic carbocycles. The van der Waals surface area contributed by atoms with E-state index in [1.807, 2.05) is 0 Å². The van der Waals surface area contributed by atoms with Gasteiger partial charge in [0.2, 0.25) is 0 Å². The van der Waals surface area contributed by atoms with Crippen LogP contribution in [0.15, 0.2) is 29.9 Å². The Hall–Kier alpha value is -1.70. The molecule has 0 aliphatic heterocycles. The summed E-state index contributed by atoms with van der Waals surface area (Å²) in [6.07, 6.45) is 2.95. The predicted octanol–water partition coefficient (Wildman–Crippen LogP) is 2.89. The Morgan fingerprint density at radius 3 is 2.80 bits per heavy atom. The van der Waals surface area contributed by atoms with E-state index in [2.05, 4.69) is 22.4 Å². The first kappa shape index (κ1) is 16.4. The molecule has 0 saturated carbocycles. The highest BCUT2D eigenvalue weighted by Crippen LogP contribution is 2.29. The summed E-state index contributed by atoms with van der Waals surface area (Å²) in [4.78, 5) is 10.2. The second kappa shape index (κ2) is 7.78. The lowest BCUT2D eigenvalue weighted by Gasteiger charge is -2.04. The highest BCUT2D eigenvalue weighted by molar-refractivity contribution is 7.80. The van der Waals surface area contributed by atoms with Gasteiger partial charge >= 0.3 is 0 Å². The zero-order chi connectivity index (χ0) is 15.1. The van der Waals surface area contributed by atoms with Crippen molar-refractivity contribution in [3.05, 3.63) is 50.5 Å². The molecule has 2 N–H and O–H groups in total. The average Bonchev–Trinajstić information content (AvgIpc) is 2.38. The van der Waals surface area contributed by atoms with Gasteiger partial charge in [-0.2, -0.15) is 5.10 Å². The quantitative estimate of drug-likeness (QED) is 0.285. The van der Waals surface area contributed by atoms with Crippen LogP contribution < -0.4 is 10.7 Å². The van der Waals surface area contributed by atoms with E-state index in [9.17, 15) is 10.1 Å². The van der Waals surface area contributed by atoms with Crippen molar-refractivity contribution >= 4 is 52.4 Å². The Bertz CT molecular complexity index is 578. The fraction of sp³-hybridized carbons (Fsp3) is 0.0909. The topological polar surface area (TPSA) is 79.6 Å². The number of nitro benzene ring substituents is 1. The number of nitro groups is 1. The number of nitrogens with one attached hydrogen (secondary N) is 2. The number of hydrogen-bond donors (Lipinski definition) is 2. The van der Waals surface area contributed by atoms with Gasteiger partial charge in [0.15, 0.2) is 5.11 Å². The molecule has 0 aliphatic rings. The first-order valence-corrected chi connectivity index (χ1v) is 6.43. The Labute approximate surface area is 130 Å². The maximum absolute atomic E-state index is 10.8. The SMILES string of the molecule is C=CCNC(=S)N/N=C\c1cc([N+](=O)[O-])c(Cl)cc1Cl. The van der Waals surface area contributed by atoms with Crippen molar-refractivity contribution in [2.24, 2.45) is 5.10 Å². The van der Waals surface area contributed by atoms with E-state index in [1.54, 1.807) is 6.08 Å². The average molecular weight is 333 g/mol. The van der Waals surface area contributed by atoms with Crippen molar-refractivity contribution in [1.29, 1.82) is 0 Å². The predicted molar refractivity (Wildman–Crippen MR) is 84.6 cm³/mol. The summed E-state index contributed by atoms with van der Waals surface area (Å²) in [5, 5.41) is 17.9. The molecule has 0 spiro atoms. The molecule has 1 rings (SSSR count). The summed E-state index contributed by atoms with van der Waals surface area (Å²) >= 11 is 16.5. The van der Waals surface area contributed by atoms with Gasteiger partial charge in [0.1, 0.15) is 5.02 Å². The zero-order valence-electron chi connectivity index (χ0n) is 10.1. The van der Waals surface area contributed by atoms with Gasteiger partial charge in [-0.15, -0.1) is 6.58 Å². The van der Waals surface area contributed by atoms with Crippen molar-refractivity contribution < 1.29 is 4.92 Å². The molecule has 0 aromatic heterocycles. The number of benzene rings is 1. The molecule has 1 aromatic carbocycles. The van der Waals surface area contributed by atoms with Crippen LogP contribution in [0.25, 0.3) is 0 Å². The summed E-state index contributed by atoms with van der Waals surface area (Å²) < 4.78 is 0. The van der Waals surface area contributed by atoms with Crippen LogP contribution in [0.1, 0.15) is 5.56 Å². The van der Waals surface area contributed by atoms with Gasteiger partial charge in [-0.05, 0) is 18.3 Å². The van der Waals surface area contributed by atoms with Gasteiger partial charge in [0.25, 0.3) is 5.69 Å². The van der Waals surface area contributed by atoms with E-state index in [0.29, 0.717) is 17.2 Å². The molecular weight excluding hydrogens is 323 g/mol. The molecule has 6 nitrogen and oxygen atoms in total. The van der Waals surface area contributed by atoms with E-state index in [0.717, 1.165) is 0 Å². The van der Waals surface area contributed by atoms with Crippen LogP contribution in [0.5, 0.6) is 0 Å². The van der Waals surface area contributed by atoms with Gasteiger partial charge in [-0.3, -0.25) is 15.5 Å². The van der Waals surface area contributed by atoms with Crippen LogP contribution in [0, 0.1) is 10.1 Å². The molecule has 9 heteroatoms. The third-order valence-corrected chi connectivity index (χ3v) is 2.91. The van der Waals surface area contributed by atoms with Gasteiger partial charge in [0, 0.05) is 18.2 Å². The Balaban J connectivity index is 2.81. The maximum Gasteiger partial charge on any atom is 0.288 e. The summed E-state index contributed by atoms with van der Waals surface area (Å²) in [6, 6.07) is 2.52. The highest BCUT2D eigenvalue weighted by atomic mass is 35.5. The van der Waals surface area contributed by atoms with Crippen LogP contribution >= 0.6 is 35.4 Å². The molecule has 0 atom stereocenters. The summed E-state index contributed by atoms with van der Waals surface area (Å²) in [6.45, 7) is 4.02. The molecule has 106 valence electrons. The Morgan fingerprint density at radius 2 is 2.20 bits per heavy atom. The molecule has 0 bridgehead atoms. The van der Waals surface area contributed by atoms with Crippen LogP contribution in [-0.2, 0) is 0 Å². The Kier molecular flexibility index (Phi) is 6.37. The molecule has 0 unspecified atom stereocenters. The van der Waals surface area contributed by atoms with Gasteiger partial charge in [-0.25, -0.2) is 0 Å². The highest BCUT2D eigenvalue weighted by Gasteiger charge is 2.15. The summed E-state index contributed by atoms with van der Waals surface area (Å²) in [5.74, 6) is 0. The van der Waals surface area contributed by atoms with Crippen molar-refractivity contribution in [2.75, 3.05) is 6.54 Å². The molecule has 0 heterocycles. The van der Waals surface area contributed by atoms with Crippen LogP contribution in [0.2, 0.25) is 10.0 Å². The summed E-state index contributed by atoms with van der Waals surface area (Å²) in [7, 11) is 0. The minimum atomic E-state index is -0.598. The molecule has 1 aromatic rings. The van der Waals surface area contributed by atoms with E-state index < -0.39 is 4.92 Å². The third-order valence-electron chi connectivity index (χ3n) is 2.04. The van der Waals surface area contributed by atoms with Crippen molar-refractivity contribution in [1.82, 2.24) is 10.7 Å². The molecular formula is C11H10Cl2N4O2S. The lowest BCUT2D eigenvalue weighted by molar-refractivity contribution is -0.384. The van der Waals surface area contributed by atoms with Gasteiger partial charge < -0.3 is 5.32 Å². The number of hydrogen-bond acceptors (Lipinski definition) is 4. The van der Waals surface area contributed by atoms with E-state index in [4.69, 9.17) is 35.4 Å². The van der Waals surface area contributed by atoms with Crippen LogP contribution in [-0.4, -0.2) is 22.8 Å². The normalized spacial score (nSPS) is 10.3. The second-order valence-corrected chi connectivity index (χ2v) is 4.67. The minimum absolute atomic E-state index is 0.0340. The molecule has 0 radical (unpaired) electrons. The fourth-order valence-corrected chi connectivity index (χ4v) is 1.79. The molecule has 0 fully saturated rings. The van der Waals surface area contributed by atoms with Gasteiger partial charge in [0.05, 0.1) is 16.2 Å². The second-order valence-electron chi connectivity index (χ2n) is 3.45. The van der Waals surface area contributed by atoms with E-state index in [-0.39, 0.29) is 15.7 Å². The zero-order valence-corrected chi connectivity index (χ0v) is 12.4. The first-order chi connectivity index (χ1) is 9.45. The lowest BCUT2D eigenvalue weighted by Crippen LogP contribution is -2.31. The number of hydrazone groups is 1. The largest absolute Gasteiger partial charge is 0.358 e. The van der Waals surface area contributed by atoms with Gasteiger partial charge in [-0.1, -0.05) is 29.3 Å². The Morgan fingerprint density at radius 1 is 1.50 bits per heavy atom. The first-order valence-electron chi connectivity index (χ1n) is 5.27. The molecule has 0 saturated heterocycles.